The minimum absolute atomic E-state index is 0.146. The standard InChI is InChI=1S/C17H25N3O/c18-12-14-6-4-13(5-7-14)11-17(21)19-15-8-10-20-9-2-1-3-16(15)20/h4-7,15-16H,1-3,8-12,18H2,(H,19,21). The summed E-state index contributed by atoms with van der Waals surface area (Å²) < 4.78 is 0. The van der Waals surface area contributed by atoms with Crippen molar-refractivity contribution in [3.05, 3.63) is 35.4 Å². The van der Waals surface area contributed by atoms with E-state index in [4.69, 9.17) is 5.73 Å². The number of fused-ring (bicyclic) bond motifs is 1. The van der Waals surface area contributed by atoms with E-state index in [0.717, 1.165) is 24.1 Å². The molecule has 3 N–H and O–H groups in total. The molecule has 0 radical (unpaired) electrons. The van der Waals surface area contributed by atoms with E-state index in [-0.39, 0.29) is 5.91 Å². The predicted molar refractivity (Wildman–Crippen MR) is 83.8 cm³/mol. The number of nitrogens with zero attached hydrogens (tertiary/aromatic N) is 1. The third kappa shape index (κ3) is 3.44. The Balaban J connectivity index is 1.53. The molecule has 2 heterocycles. The summed E-state index contributed by atoms with van der Waals surface area (Å²) >= 11 is 0. The Bertz CT molecular complexity index is 485. The molecule has 0 aliphatic carbocycles. The molecule has 21 heavy (non-hydrogen) atoms. The molecular formula is C17H25N3O. The molecule has 4 heteroatoms. The van der Waals surface area contributed by atoms with Gasteiger partial charge in [0.05, 0.1) is 6.42 Å². The van der Waals surface area contributed by atoms with Crippen LogP contribution in [-0.2, 0) is 17.8 Å². The number of nitrogens with one attached hydrogen (secondary N) is 1. The van der Waals surface area contributed by atoms with E-state index in [1.165, 1.54) is 25.8 Å². The van der Waals surface area contributed by atoms with E-state index >= 15 is 0 Å². The molecule has 1 aromatic rings. The van der Waals surface area contributed by atoms with Gasteiger partial charge in [0.1, 0.15) is 0 Å². The highest BCUT2D eigenvalue weighted by molar-refractivity contribution is 5.79. The first kappa shape index (κ1) is 14.5. The van der Waals surface area contributed by atoms with Gasteiger partial charge in [0.2, 0.25) is 5.91 Å². The molecule has 2 fully saturated rings. The highest BCUT2D eigenvalue weighted by atomic mass is 16.1. The molecule has 3 rings (SSSR count). The number of piperidine rings is 1. The van der Waals surface area contributed by atoms with Gasteiger partial charge in [-0.3, -0.25) is 9.69 Å². The van der Waals surface area contributed by atoms with Crippen molar-refractivity contribution in [2.24, 2.45) is 5.73 Å². The van der Waals surface area contributed by atoms with Crippen LogP contribution in [0.2, 0.25) is 0 Å². The van der Waals surface area contributed by atoms with Crippen molar-refractivity contribution < 1.29 is 4.79 Å². The van der Waals surface area contributed by atoms with E-state index in [2.05, 4.69) is 10.2 Å². The fourth-order valence-corrected chi connectivity index (χ4v) is 3.65. The third-order valence-electron chi connectivity index (χ3n) is 4.83. The Morgan fingerprint density at radius 3 is 2.67 bits per heavy atom. The molecule has 0 spiro atoms. The fourth-order valence-electron chi connectivity index (χ4n) is 3.65. The lowest BCUT2D eigenvalue weighted by molar-refractivity contribution is -0.121. The largest absolute Gasteiger partial charge is 0.351 e. The monoisotopic (exact) mass is 287 g/mol. The van der Waals surface area contributed by atoms with Crippen molar-refractivity contribution >= 4 is 5.91 Å². The van der Waals surface area contributed by atoms with Crippen LogP contribution < -0.4 is 11.1 Å². The first-order chi connectivity index (χ1) is 10.3. The summed E-state index contributed by atoms with van der Waals surface area (Å²) in [6.45, 7) is 2.89. The maximum Gasteiger partial charge on any atom is 0.224 e. The normalized spacial score (nSPS) is 25.6. The Morgan fingerprint density at radius 2 is 1.90 bits per heavy atom. The van der Waals surface area contributed by atoms with Crippen molar-refractivity contribution in [2.45, 2.75) is 50.7 Å². The number of rotatable bonds is 4. The van der Waals surface area contributed by atoms with E-state index in [1.807, 2.05) is 24.3 Å². The molecule has 114 valence electrons. The zero-order chi connectivity index (χ0) is 14.7. The molecule has 0 bridgehead atoms. The van der Waals surface area contributed by atoms with Gasteiger partial charge in [-0.25, -0.2) is 0 Å². The lowest BCUT2D eigenvalue weighted by atomic mass is 9.99. The topological polar surface area (TPSA) is 58.4 Å². The molecule has 1 aromatic carbocycles. The van der Waals surface area contributed by atoms with Gasteiger partial charge in [-0.05, 0) is 36.9 Å². The van der Waals surface area contributed by atoms with E-state index < -0.39 is 0 Å². The molecular weight excluding hydrogens is 262 g/mol. The number of carbonyl (C=O) groups is 1. The number of carbonyl (C=O) groups excluding carboxylic acids is 1. The quantitative estimate of drug-likeness (QED) is 0.881. The van der Waals surface area contributed by atoms with E-state index in [0.29, 0.717) is 25.0 Å². The highest BCUT2D eigenvalue weighted by Gasteiger charge is 2.35. The SMILES string of the molecule is NCc1ccc(CC(=O)NC2CCN3CCCCC23)cc1. The molecule has 2 unspecified atom stereocenters. The van der Waals surface area contributed by atoms with Gasteiger partial charge in [0.25, 0.3) is 0 Å². The summed E-state index contributed by atoms with van der Waals surface area (Å²) in [6.07, 6.45) is 5.41. The van der Waals surface area contributed by atoms with Crippen LogP contribution in [0.4, 0.5) is 0 Å². The van der Waals surface area contributed by atoms with Gasteiger partial charge >= 0.3 is 0 Å². The van der Waals surface area contributed by atoms with Gasteiger partial charge in [0, 0.05) is 25.2 Å². The number of nitrogens with two attached hydrogens (primary N) is 1. The van der Waals surface area contributed by atoms with E-state index in [1.54, 1.807) is 0 Å². The van der Waals surface area contributed by atoms with Crippen molar-refractivity contribution in [2.75, 3.05) is 13.1 Å². The van der Waals surface area contributed by atoms with Crippen molar-refractivity contribution in [3.8, 4) is 0 Å². The van der Waals surface area contributed by atoms with Crippen LogP contribution in [0.15, 0.2) is 24.3 Å². The summed E-state index contributed by atoms with van der Waals surface area (Å²) in [5, 5.41) is 3.25. The van der Waals surface area contributed by atoms with Gasteiger partial charge < -0.3 is 11.1 Å². The number of hydrogen-bond acceptors (Lipinski definition) is 3. The summed E-state index contributed by atoms with van der Waals surface area (Å²) in [5.74, 6) is 0.146. The predicted octanol–water partition coefficient (Wildman–Crippen LogP) is 1.43. The second-order valence-electron chi connectivity index (χ2n) is 6.26. The number of amides is 1. The number of hydrogen-bond donors (Lipinski definition) is 2. The van der Waals surface area contributed by atoms with E-state index in [9.17, 15) is 4.79 Å². The first-order valence-corrected chi connectivity index (χ1v) is 8.07. The highest BCUT2D eigenvalue weighted by Crippen LogP contribution is 2.27. The average molecular weight is 287 g/mol. The zero-order valence-corrected chi connectivity index (χ0v) is 12.6. The van der Waals surface area contributed by atoms with Crippen LogP contribution in [0.5, 0.6) is 0 Å². The van der Waals surface area contributed by atoms with Crippen LogP contribution in [0.25, 0.3) is 0 Å². The molecule has 2 aliphatic rings. The third-order valence-corrected chi connectivity index (χ3v) is 4.83. The van der Waals surface area contributed by atoms with Crippen LogP contribution >= 0.6 is 0 Å². The molecule has 1 amide bonds. The summed E-state index contributed by atoms with van der Waals surface area (Å²) in [6, 6.07) is 8.93. The summed E-state index contributed by atoms with van der Waals surface area (Å²) in [7, 11) is 0. The minimum Gasteiger partial charge on any atom is -0.351 e. The van der Waals surface area contributed by atoms with Gasteiger partial charge in [-0.2, -0.15) is 0 Å². The van der Waals surface area contributed by atoms with Crippen molar-refractivity contribution in [1.29, 1.82) is 0 Å². The maximum atomic E-state index is 12.2. The second-order valence-corrected chi connectivity index (χ2v) is 6.26. The summed E-state index contributed by atoms with van der Waals surface area (Å²) in [4.78, 5) is 14.8. The zero-order valence-electron chi connectivity index (χ0n) is 12.6. The second kappa shape index (κ2) is 6.58. The Labute approximate surface area is 126 Å². The van der Waals surface area contributed by atoms with Crippen LogP contribution in [-0.4, -0.2) is 36.0 Å². The lowest BCUT2D eigenvalue weighted by Gasteiger charge is -2.32. The molecule has 2 saturated heterocycles. The Hall–Kier alpha value is -1.39. The van der Waals surface area contributed by atoms with Crippen LogP contribution in [0.1, 0.15) is 36.8 Å². The molecule has 4 nitrogen and oxygen atoms in total. The Kier molecular flexibility index (Phi) is 4.56. The molecule has 0 aromatic heterocycles. The molecule has 2 atom stereocenters. The van der Waals surface area contributed by atoms with Crippen LogP contribution in [0, 0.1) is 0 Å². The van der Waals surface area contributed by atoms with Gasteiger partial charge in [-0.15, -0.1) is 0 Å². The van der Waals surface area contributed by atoms with Crippen LogP contribution in [0.3, 0.4) is 0 Å². The fraction of sp³-hybridized carbons (Fsp3) is 0.588. The Morgan fingerprint density at radius 1 is 1.14 bits per heavy atom. The number of benzene rings is 1. The molecule has 0 saturated carbocycles. The lowest BCUT2D eigenvalue weighted by Crippen LogP contribution is -2.47. The first-order valence-electron chi connectivity index (χ1n) is 8.07. The van der Waals surface area contributed by atoms with Crippen molar-refractivity contribution in [1.82, 2.24) is 10.2 Å². The molecule has 2 aliphatic heterocycles. The maximum absolute atomic E-state index is 12.2. The smallest absolute Gasteiger partial charge is 0.224 e. The average Bonchev–Trinajstić information content (AvgIpc) is 2.91. The van der Waals surface area contributed by atoms with Crippen molar-refractivity contribution in [3.63, 3.8) is 0 Å². The minimum atomic E-state index is 0.146. The van der Waals surface area contributed by atoms with Gasteiger partial charge in [0.15, 0.2) is 0 Å². The summed E-state index contributed by atoms with van der Waals surface area (Å²) in [5.41, 5.74) is 7.75. The van der Waals surface area contributed by atoms with Gasteiger partial charge in [-0.1, -0.05) is 30.7 Å².